The minimum atomic E-state index is -0.952. The number of amides is 1. The van der Waals surface area contributed by atoms with Gasteiger partial charge >= 0.3 is 6.09 Å². The largest absolute Gasteiger partial charge is 0.505 e. The number of aromatic hydroxyl groups is 1. The molecule has 2 aromatic rings. The Balaban J connectivity index is 2.19. The van der Waals surface area contributed by atoms with Crippen molar-refractivity contribution in [1.82, 2.24) is 15.5 Å². The Morgan fingerprint density at radius 3 is 2.54 bits per heavy atom. The molecule has 8 heteroatoms. The van der Waals surface area contributed by atoms with E-state index >= 15 is 0 Å². The zero-order valence-electron chi connectivity index (χ0n) is 14.2. The van der Waals surface area contributed by atoms with Gasteiger partial charge in [0, 0.05) is 5.56 Å². The van der Waals surface area contributed by atoms with Gasteiger partial charge in [0.1, 0.15) is 11.1 Å². The monoisotopic (exact) mass is 337 g/mol. The van der Waals surface area contributed by atoms with Crippen LogP contribution in [-0.2, 0) is 10.3 Å². The van der Waals surface area contributed by atoms with E-state index in [2.05, 4.69) is 15.5 Å². The molecule has 0 aliphatic heterocycles. The maximum atomic E-state index is 13.1. The van der Waals surface area contributed by atoms with Gasteiger partial charge in [-0.05, 0) is 52.8 Å². The van der Waals surface area contributed by atoms with E-state index in [9.17, 15) is 14.3 Å². The topological polar surface area (TPSA) is 97.5 Å². The zero-order valence-corrected chi connectivity index (χ0v) is 14.2. The normalized spacial score (nSPS) is 12.1. The van der Waals surface area contributed by atoms with Gasteiger partial charge in [0.2, 0.25) is 0 Å². The Morgan fingerprint density at radius 1 is 1.29 bits per heavy atom. The molecular weight excluding hydrogens is 317 g/mol. The van der Waals surface area contributed by atoms with Crippen molar-refractivity contribution in [1.29, 1.82) is 0 Å². The predicted octanol–water partition coefficient (Wildman–Crippen LogP) is 3.34. The van der Waals surface area contributed by atoms with Crippen molar-refractivity contribution < 1.29 is 23.6 Å². The number of benzene rings is 1. The molecule has 1 aromatic heterocycles. The lowest BCUT2D eigenvalue weighted by Crippen LogP contribution is -2.44. The Hall–Kier alpha value is -2.64. The summed E-state index contributed by atoms with van der Waals surface area (Å²) in [5.41, 5.74) is -1.22. The van der Waals surface area contributed by atoms with E-state index in [0.29, 0.717) is 5.56 Å². The molecule has 2 N–H and O–H groups in total. The predicted molar refractivity (Wildman–Crippen MR) is 83.8 cm³/mol. The number of alkyl carbamates (subject to hydrolysis) is 1. The molecule has 0 aliphatic rings. The lowest BCUT2D eigenvalue weighted by atomic mass is 10.1. The lowest BCUT2D eigenvalue weighted by molar-refractivity contribution is 0.0465. The third kappa shape index (κ3) is 4.21. The molecule has 0 radical (unpaired) electrons. The van der Waals surface area contributed by atoms with Crippen molar-refractivity contribution in [2.75, 3.05) is 0 Å². The van der Waals surface area contributed by atoms with Crippen LogP contribution in [0.15, 0.2) is 22.7 Å². The Morgan fingerprint density at radius 2 is 1.96 bits per heavy atom. The van der Waals surface area contributed by atoms with Crippen molar-refractivity contribution in [2.24, 2.45) is 0 Å². The van der Waals surface area contributed by atoms with Crippen LogP contribution < -0.4 is 5.32 Å². The zero-order chi connectivity index (χ0) is 18.1. The number of phenols is 1. The molecule has 1 amide bonds. The molecule has 24 heavy (non-hydrogen) atoms. The van der Waals surface area contributed by atoms with Crippen LogP contribution >= 0.6 is 0 Å². The van der Waals surface area contributed by atoms with E-state index in [1.165, 1.54) is 12.1 Å². The van der Waals surface area contributed by atoms with Gasteiger partial charge in [-0.15, -0.1) is 0 Å². The fourth-order valence-corrected chi connectivity index (χ4v) is 1.85. The fraction of sp³-hybridized carbons (Fsp3) is 0.438. The van der Waals surface area contributed by atoms with Crippen molar-refractivity contribution >= 4 is 6.09 Å². The summed E-state index contributed by atoms with van der Waals surface area (Å²) in [5.74, 6) is -0.949. The van der Waals surface area contributed by atoms with E-state index < -0.39 is 28.8 Å². The van der Waals surface area contributed by atoms with Crippen LogP contribution in [0.5, 0.6) is 5.75 Å². The molecule has 0 aliphatic carbocycles. The number of hydrogen-bond donors (Lipinski definition) is 2. The number of hydrogen-bond acceptors (Lipinski definition) is 6. The van der Waals surface area contributed by atoms with Gasteiger partial charge in [0.05, 0.1) is 0 Å². The van der Waals surface area contributed by atoms with E-state index in [1.54, 1.807) is 34.6 Å². The highest BCUT2D eigenvalue weighted by molar-refractivity contribution is 5.68. The van der Waals surface area contributed by atoms with Crippen molar-refractivity contribution in [3.05, 3.63) is 29.8 Å². The number of halogens is 1. The standard InChI is InChI=1S/C16H20FN3O4/c1-15(2,3)23-14(22)19-16(4,5)13-18-12(24-20-13)9-6-7-10(17)11(21)8-9/h6-8,21H,1-5H3,(H,19,22). The second-order valence-electron chi connectivity index (χ2n) is 6.84. The summed E-state index contributed by atoms with van der Waals surface area (Å²) in [6.07, 6.45) is -0.613. The molecule has 1 aromatic carbocycles. The molecule has 0 fully saturated rings. The molecule has 0 atom stereocenters. The van der Waals surface area contributed by atoms with E-state index in [4.69, 9.17) is 9.26 Å². The van der Waals surface area contributed by atoms with Gasteiger partial charge in [-0.3, -0.25) is 0 Å². The van der Waals surface area contributed by atoms with Crippen LogP contribution in [0.3, 0.4) is 0 Å². The van der Waals surface area contributed by atoms with Gasteiger partial charge in [-0.25, -0.2) is 9.18 Å². The SMILES string of the molecule is CC(C)(C)OC(=O)NC(C)(C)c1noc(-c2ccc(F)c(O)c2)n1. The lowest BCUT2D eigenvalue weighted by Gasteiger charge is -2.26. The molecule has 2 rings (SSSR count). The first-order chi connectivity index (χ1) is 11.0. The van der Waals surface area contributed by atoms with Crippen LogP contribution in [-0.4, -0.2) is 26.9 Å². The summed E-state index contributed by atoms with van der Waals surface area (Å²) in [7, 11) is 0. The molecular formula is C16H20FN3O4. The second kappa shape index (κ2) is 6.10. The Bertz CT molecular complexity index is 750. The minimum Gasteiger partial charge on any atom is -0.505 e. The van der Waals surface area contributed by atoms with Crippen molar-refractivity contribution in [2.45, 2.75) is 45.8 Å². The number of nitrogens with zero attached hydrogens (tertiary/aromatic N) is 2. The molecule has 0 bridgehead atoms. The molecule has 0 unspecified atom stereocenters. The summed E-state index contributed by atoms with van der Waals surface area (Å²) in [5, 5.41) is 15.9. The molecule has 7 nitrogen and oxygen atoms in total. The number of nitrogens with one attached hydrogen (secondary N) is 1. The summed E-state index contributed by atoms with van der Waals surface area (Å²) in [4.78, 5) is 16.1. The quantitative estimate of drug-likeness (QED) is 0.891. The molecule has 0 saturated carbocycles. The summed E-state index contributed by atoms with van der Waals surface area (Å²) in [6, 6.07) is 3.68. The van der Waals surface area contributed by atoms with Crippen LogP contribution in [0.2, 0.25) is 0 Å². The Labute approximate surface area is 138 Å². The van der Waals surface area contributed by atoms with Crippen LogP contribution in [0, 0.1) is 5.82 Å². The van der Waals surface area contributed by atoms with Gasteiger partial charge in [0.25, 0.3) is 5.89 Å². The van der Waals surface area contributed by atoms with E-state index in [-0.39, 0.29) is 11.7 Å². The number of aromatic nitrogens is 2. The summed E-state index contributed by atoms with van der Waals surface area (Å²) < 4.78 is 23.4. The molecule has 1 heterocycles. The number of ether oxygens (including phenoxy) is 1. The number of rotatable bonds is 3. The summed E-state index contributed by atoms with van der Waals surface area (Å²) >= 11 is 0. The maximum absolute atomic E-state index is 13.1. The van der Waals surface area contributed by atoms with Gasteiger partial charge in [-0.1, -0.05) is 5.16 Å². The third-order valence-electron chi connectivity index (χ3n) is 2.99. The minimum absolute atomic E-state index is 0.0966. The summed E-state index contributed by atoms with van der Waals surface area (Å²) in [6.45, 7) is 8.65. The fourth-order valence-electron chi connectivity index (χ4n) is 1.85. The van der Waals surface area contributed by atoms with Gasteiger partial charge in [-0.2, -0.15) is 4.98 Å². The highest BCUT2D eigenvalue weighted by atomic mass is 19.1. The number of phenolic OH excluding ortho intramolecular Hbond substituents is 1. The number of carbonyl (C=O) groups excluding carboxylic acids is 1. The smallest absolute Gasteiger partial charge is 0.408 e. The van der Waals surface area contributed by atoms with E-state index in [0.717, 1.165) is 6.07 Å². The van der Waals surface area contributed by atoms with Crippen LogP contribution in [0.25, 0.3) is 11.5 Å². The molecule has 0 saturated heterocycles. The first-order valence-electron chi connectivity index (χ1n) is 7.32. The van der Waals surface area contributed by atoms with Crippen molar-refractivity contribution in [3.63, 3.8) is 0 Å². The first kappa shape index (κ1) is 17.7. The second-order valence-corrected chi connectivity index (χ2v) is 6.84. The molecule has 0 spiro atoms. The first-order valence-corrected chi connectivity index (χ1v) is 7.32. The maximum Gasteiger partial charge on any atom is 0.408 e. The van der Waals surface area contributed by atoms with Crippen molar-refractivity contribution in [3.8, 4) is 17.2 Å². The Kier molecular flexibility index (Phi) is 4.50. The highest BCUT2D eigenvalue weighted by Crippen LogP contribution is 2.26. The van der Waals surface area contributed by atoms with E-state index in [1.807, 2.05) is 0 Å². The average Bonchev–Trinajstić information content (AvgIpc) is 2.89. The van der Waals surface area contributed by atoms with Crippen LogP contribution in [0.4, 0.5) is 9.18 Å². The highest BCUT2D eigenvalue weighted by Gasteiger charge is 2.31. The molecule has 130 valence electrons. The average molecular weight is 337 g/mol. The van der Waals surface area contributed by atoms with Crippen LogP contribution in [0.1, 0.15) is 40.4 Å². The number of carbonyl (C=O) groups is 1. The third-order valence-corrected chi connectivity index (χ3v) is 2.99. The van der Waals surface area contributed by atoms with Gasteiger partial charge in [0.15, 0.2) is 17.4 Å². The van der Waals surface area contributed by atoms with Gasteiger partial charge < -0.3 is 19.7 Å².